The Morgan fingerprint density at radius 2 is 1.84 bits per heavy atom. The Balaban J connectivity index is 1.69. The van der Waals surface area contributed by atoms with Crippen LogP contribution in [0.1, 0.15) is 5.82 Å². The third kappa shape index (κ3) is 2.71. The molecule has 7 heteroatoms. The van der Waals surface area contributed by atoms with Crippen LogP contribution < -0.4 is 5.32 Å². The first-order valence-corrected chi connectivity index (χ1v) is 5.74. The summed E-state index contributed by atoms with van der Waals surface area (Å²) >= 11 is 0. The minimum absolute atomic E-state index is 0.476. The second-order valence-corrected chi connectivity index (χ2v) is 3.79. The summed E-state index contributed by atoms with van der Waals surface area (Å²) in [5.74, 6) is 1.90. The summed E-state index contributed by atoms with van der Waals surface area (Å²) in [5, 5.41) is 10.1. The van der Waals surface area contributed by atoms with E-state index in [9.17, 15) is 0 Å². The Bertz CT molecular complexity index is 635. The van der Waals surface area contributed by atoms with Crippen molar-refractivity contribution in [3.63, 3.8) is 0 Å². The fraction of sp³-hybridized carbons (Fsp3) is 0.0833. The standard InChI is InChI=1S/C12H11N7/c1-2-4-9(5-3-1)11-17-10(18-19-11)6-14-12-15-7-13-8-16-12/h1-5,7-8H,6H2,(H,17,18,19)(H,13,14,15,16). The van der Waals surface area contributed by atoms with Gasteiger partial charge < -0.3 is 5.32 Å². The average Bonchev–Trinajstić information content (AvgIpc) is 2.96. The predicted molar refractivity (Wildman–Crippen MR) is 69.0 cm³/mol. The number of benzene rings is 1. The van der Waals surface area contributed by atoms with Crippen LogP contribution in [0.5, 0.6) is 0 Å². The molecule has 0 aliphatic rings. The zero-order chi connectivity index (χ0) is 12.9. The maximum atomic E-state index is 4.40. The Kier molecular flexibility index (Phi) is 3.09. The van der Waals surface area contributed by atoms with Gasteiger partial charge in [0.25, 0.3) is 0 Å². The van der Waals surface area contributed by atoms with Crippen molar-refractivity contribution in [1.29, 1.82) is 0 Å². The molecule has 3 rings (SSSR count). The molecular formula is C12H11N7. The lowest BCUT2D eigenvalue weighted by atomic mass is 10.2. The van der Waals surface area contributed by atoms with E-state index < -0.39 is 0 Å². The molecule has 0 saturated heterocycles. The Morgan fingerprint density at radius 1 is 1.05 bits per heavy atom. The first-order valence-electron chi connectivity index (χ1n) is 5.74. The van der Waals surface area contributed by atoms with Gasteiger partial charge in [-0.25, -0.2) is 19.9 Å². The van der Waals surface area contributed by atoms with Crippen LogP contribution in [0, 0.1) is 0 Å². The first kappa shape index (κ1) is 11.3. The molecule has 0 fully saturated rings. The van der Waals surface area contributed by atoms with Crippen LogP contribution in [0.4, 0.5) is 5.95 Å². The van der Waals surface area contributed by atoms with Crippen LogP contribution in [-0.2, 0) is 6.54 Å². The van der Waals surface area contributed by atoms with Crippen molar-refractivity contribution in [3.8, 4) is 11.4 Å². The number of nitrogens with one attached hydrogen (secondary N) is 2. The molecule has 2 heterocycles. The monoisotopic (exact) mass is 253 g/mol. The highest BCUT2D eigenvalue weighted by Gasteiger charge is 2.05. The molecule has 0 radical (unpaired) electrons. The van der Waals surface area contributed by atoms with Gasteiger partial charge in [0.1, 0.15) is 18.5 Å². The summed E-state index contributed by atoms with van der Waals surface area (Å²) in [6.07, 6.45) is 2.87. The van der Waals surface area contributed by atoms with Gasteiger partial charge in [0.2, 0.25) is 5.95 Å². The maximum Gasteiger partial charge on any atom is 0.226 e. The van der Waals surface area contributed by atoms with Gasteiger partial charge in [-0.2, -0.15) is 5.10 Å². The van der Waals surface area contributed by atoms with E-state index in [1.54, 1.807) is 0 Å². The van der Waals surface area contributed by atoms with E-state index in [2.05, 4.69) is 35.5 Å². The van der Waals surface area contributed by atoms with Crippen molar-refractivity contribution in [1.82, 2.24) is 30.1 Å². The highest BCUT2D eigenvalue weighted by Crippen LogP contribution is 2.13. The maximum absolute atomic E-state index is 4.40. The average molecular weight is 253 g/mol. The minimum atomic E-state index is 0.476. The Hall–Kier alpha value is -2.83. The first-order chi connectivity index (χ1) is 9.42. The number of rotatable bonds is 4. The number of anilines is 1. The SMILES string of the molecule is c1ccc(-c2n[nH]c(CNc3ncncn3)n2)cc1. The smallest absolute Gasteiger partial charge is 0.226 e. The van der Waals surface area contributed by atoms with E-state index in [4.69, 9.17) is 0 Å². The molecule has 2 aromatic heterocycles. The number of aromatic nitrogens is 6. The molecule has 0 aliphatic heterocycles. The number of aromatic amines is 1. The number of H-pyrrole nitrogens is 1. The quantitative estimate of drug-likeness (QED) is 0.727. The lowest BCUT2D eigenvalue weighted by Gasteiger charge is -1.99. The zero-order valence-electron chi connectivity index (χ0n) is 9.98. The van der Waals surface area contributed by atoms with Gasteiger partial charge in [0.15, 0.2) is 5.82 Å². The van der Waals surface area contributed by atoms with Crippen molar-refractivity contribution in [2.24, 2.45) is 0 Å². The van der Waals surface area contributed by atoms with Crippen LogP contribution in [0.2, 0.25) is 0 Å². The van der Waals surface area contributed by atoms with Crippen molar-refractivity contribution < 1.29 is 0 Å². The Morgan fingerprint density at radius 3 is 2.63 bits per heavy atom. The Labute approximate surface area is 109 Å². The molecule has 0 atom stereocenters. The van der Waals surface area contributed by atoms with Crippen LogP contribution in [0.25, 0.3) is 11.4 Å². The molecule has 0 saturated carbocycles. The van der Waals surface area contributed by atoms with Crippen LogP contribution >= 0.6 is 0 Å². The highest BCUT2D eigenvalue weighted by atomic mass is 15.2. The van der Waals surface area contributed by atoms with Crippen LogP contribution in [0.15, 0.2) is 43.0 Å². The van der Waals surface area contributed by atoms with Crippen molar-refractivity contribution >= 4 is 5.95 Å². The molecule has 0 spiro atoms. The lowest BCUT2D eigenvalue weighted by Crippen LogP contribution is -2.04. The van der Waals surface area contributed by atoms with E-state index in [1.165, 1.54) is 12.7 Å². The normalized spacial score (nSPS) is 10.3. The molecule has 94 valence electrons. The molecule has 0 amide bonds. The predicted octanol–water partition coefficient (Wildman–Crippen LogP) is 1.27. The van der Waals surface area contributed by atoms with Gasteiger partial charge >= 0.3 is 0 Å². The topological polar surface area (TPSA) is 92.3 Å². The second kappa shape index (κ2) is 5.21. The number of hydrogen-bond acceptors (Lipinski definition) is 6. The van der Waals surface area contributed by atoms with E-state index in [0.29, 0.717) is 18.3 Å². The summed E-state index contributed by atoms with van der Waals surface area (Å²) < 4.78 is 0. The van der Waals surface area contributed by atoms with E-state index >= 15 is 0 Å². The third-order valence-electron chi connectivity index (χ3n) is 2.47. The second-order valence-electron chi connectivity index (χ2n) is 3.79. The largest absolute Gasteiger partial charge is 0.347 e. The molecule has 19 heavy (non-hydrogen) atoms. The molecular weight excluding hydrogens is 242 g/mol. The van der Waals surface area contributed by atoms with Crippen LogP contribution in [-0.4, -0.2) is 30.1 Å². The fourth-order valence-electron chi connectivity index (χ4n) is 1.58. The van der Waals surface area contributed by atoms with E-state index in [1.807, 2.05) is 30.3 Å². The molecule has 0 unspecified atom stereocenters. The molecule has 7 nitrogen and oxygen atoms in total. The van der Waals surface area contributed by atoms with Gasteiger partial charge in [-0.15, -0.1) is 0 Å². The summed E-state index contributed by atoms with van der Waals surface area (Å²) in [7, 11) is 0. The van der Waals surface area contributed by atoms with E-state index in [0.717, 1.165) is 11.4 Å². The van der Waals surface area contributed by atoms with Crippen molar-refractivity contribution in [2.75, 3.05) is 5.32 Å². The summed E-state index contributed by atoms with van der Waals surface area (Å²) in [4.78, 5) is 16.1. The van der Waals surface area contributed by atoms with Gasteiger partial charge in [0.05, 0.1) is 6.54 Å². The summed E-state index contributed by atoms with van der Waals surface area (Å²) in [6.45, 7) is 0.476. The number of nitrogens with zero attached hydrogens (tertiary/aromatic N) is 5. The molecule has 2 N–H and O–H groups in total. The fourth-order valence-corrected chi connectivity index (χ4v) is 1.58. The van der Waals surface area contributed by atoms with Crippen molar-refractivity contribution in [2.45, 2.75) is 6.54 Å². The third-order valence-corrected chi connectivity index (χ3v) is 2.47. The molecule has 0 bridgehead atoms. The molecule has 0 aliphatic carbocycles. The van der Waals surface area contributed by atoms with Gasteiger partial charge in [-0.3, -0.25) is 5.10 Å². The van der Waals surface area contributed by atoms with Crippen LogP contribution in [0.3, 0.4) is 0 Å². The number of hydrogen-bond donors (Lipinski definition) is 2. The summed E-state index contributed by atoms with van der Waals surface area (Å²) in [6, 6.07) is 9.79. The van der Waals surface area contributed by atoms with Gasteiger partial charge in [0, 0.05) is 5.56 Å². The molecule has 1 aromatic carbocycles. The lowest BCUT2D eigenvalue weighted by molar-refractivity contribution is 0.925. The van der Waals surface area contributed by atoms with Gasteiger partial charge in [-0.05, 0) is 0 Å². The van der Waals surface area contributed by atoms with Crippen molar-refractivity contribution in [3.05, 3.63) is 48.8 Å². The zero-order valence-corrected chi connectivity index (χ0v) is 9.98. The van der Waals surface area contributed by atoms with Gasteiger partial charge in [-0.1, -0.05) is 30.3 Å². The highest BCUT2D eigenvalue weighted by molar-refractivity contribution is 5.53. The summed E-state index contributed by atoms with van der Waals surface area (Å²) in [5.41, 5.74) is 0.977. The molecule has 3 aromatic rings. The van der Waals surface area contributed by atoms with E-state index in [-0.39, 0.29) is 0 Å². The minimum Gasteiger partial charge on any atom is -0.347 e.